The molecule has 1 aromatic heterocycles. The van der Waals surface area contributed by atoms with E-state index >= 15 is 0 Å². The lowest BCUT2D eigenvalue weighted by Crippen LogP contribution is -2.61. The van der Waals surface area contributed by atoms with Crippen LogP contribution in [0.4, 0.5) is 0 Å². The van der Waals surface area contributed by atoms with Crippen molar-refractivity contribution in [2.75, 3.05) is 0 Å². The van der Waals surface area contributed by atoms with Crippen molar-refractivity contribution >= 4 is 44.5 Å². The summed E-state index contributed by atoms with van der Waals surface area (Å²) >= 11 is 18.6. The first-order valence-electron chi connectivity index (χ1n) is 5.91. The second-order valence-corrected chi connectivity index (χ2v) is 7.67. The molecule has 1 heterocycles. The molecule has 0 spiro atoms. The van der Waals surface area contributed by atoms with Gasteiger partial charge in [-0.05, 0) is 27.7 Å². The Morgan fingerprint density at radius 2 is 1.53 bits per heavy atom. The molecule has 98 valence electrons. The van der Waals surface area contributed by atoms with Crippen molar-refractivity contribution in [2.24, 2.45) is 0 Å². The number of hydrogen-bond acceptors (Lipinski definition) is 0. The second-order valence-electron chi connectivity index (χ2n) is 5.03. The van der Waals surface area contributed by atoms with Gasteiger partial charge in [-0.1, -0.05) is 0 Å². The van der Waals surface area contributed by atoms with Crippen molar-refractivity contribution in [3.05, 3.63) is 11.4 Å². The standard InChI is InChI=1S/C11H20BCl3N2/c1-7(2)16-9(5)10(6)17(8(3)4)11(16)12(13,14)15/h7-8H,1-6H3. The van der Waals surface area contributed by atoms with E-state index in [1.807, 2.05) is 0 Å². The van der Waals surface area contributed by atoms with Crippen molar-refractivity contribution < 1.29 is 4.57 Å². The molecule has 0 saturated carbocycles. The van der Waals surface area contributed by atoms with E-state index in [4.69, 9.17) is 34.4 Å². The largest absolute Gasteiger partial charge is 0.359 e. The van der Waals surface area contributed by atoms with Crippen LogP contribution < -0.4 is 10.3 Å². The molecule has 17 heavy (non-hydrogen) atoms. The van der Waals surface area contributed by atoms with Crippen LogP contribution in [0.2, 0.25) is 0 Å². The van der Waals surface area contributed by atoms with Crippen LogP contribution in [0, 0.1) is 13.8 Å². The highest BCUT2D eigenvalue weighted by molar-refractivity contribution is 7.69. The highest BCUT2D eigenvalue weighted by Gasteiger charge is 2.36. The molecule has 0 saturated heterocycles. The molecular weight excluding hydrogens is 277 g/mol. The zero-order chi connectivity index (χ0) is 13.5. The summed E-state index contributed by atoms with van der Waals surface area (Å²) in [4.78, 5) is 0. The maximum Gasteiger partial charge on any atom is 0.359 e. The van der Waals surface area contributed by atoms with E-state index in [2.05, 4.69) is 50.7 Å². The van der Waals surface area contributed by atoms with Crippen molar-refractivity contribution in [1.29, 1.82) is 0 Å². The van der Waals surface area contributed by atoms with Gasteiger partial charge in [0.2, 0.25) is 0 Å². The van der Waals surface area contributed by atoms with E-state index in [1.54, 1.807) is 0 Å². The van der Waals surface area contributed by atoms with E-state index in [9.17, 15) is 0 Å². The van der Waals surface area contributed by atoms with Gasteiger partial charge in [0.25, 0.3) is 0 Å². The second kappa shape index (κ2) is 5.03. The van der Waals surface area contributed by atoms with Crippen LogP contribution >= 0.6 is 34.4 Å². The lowest BCUT2D eigenvalue weighted by Gasteiger charge is -2.22. The van der Waals surface area contributed by atoms with E-state index in [1.165, 1.54) is 0 Å². The van der Waals surface area contributed by atoms with Crippen molar-refractivity contribution in [2.45, 2.75) is 53.6 Å². The smallest absolute Gasteiger partial charge is 0.337 e. The molecule has 0 fully saturated rings. The molecule has 0 aliphatic carbocycles. The molecular formula is C11H20BCl3N2. The number of hydrogen-bond donors (Lipinski definition) is 0. The van der Waals surface area contributed by atoms with Crippen LogP contribution in [0.25, 0.3) is 0 Å². The quantitative estimate of drug-likeness (QED) is 0.597. The molecule has 1 aromatic rings. The number of halogens is 3. The van der Waals surface area contributed by atoms with Gasteiger partial charge in [0, 0.05) is 13.8 Å². The van der Waals surface area contributed by atoms with Gasteiger partial charge in [-0.3, -0.25) is 9.13 Å². The molecule has 0 N–H and O–H groups in total. The maximum absolute atomic E-state index is 6.19. The minimum Gasteiger partial charge on any atom is -0.337 e. The molecule has 0 atom stereocenters. The zero-order valence-corrected chi connectivity index (χ0v) is 13.5. The first-order valence-corrected chi connectivity index (χ1v) is 7.22. The maximum atomic E-state index is 6.19. The Hall–Kier alpha value is 0.145. The highest BCUT2D eigenvalue weighted by atomic mass is 35.6. The van der Waals surface area contributed by atoms with E-state index in [0.717, 1.165) is 17.1 Å². The van der Waals surface area contributed by atoms with Gasteiger partial charge in [0.15, 0.2) is 0 Å². The predicted octanol–water partition coefficient (Wildman–Crippen LogP) is 3.42. The lowest BCUT2D eigenvalue weighted by atomic mass is 10.0. The fraction of sp³-hybridized carbons (Fsp3) is 0.727. The summed E-state index contributed by atoms with van der Waals surface area (Å²) in [6.45, 7) is 12.6. The monoisotopic (exact) mass is 296 g/mol. The molecule has 0 aromatic carbocycles. The first-order chi connectivity index (χ1) is 7.59. The summed E-state index contributed by atoms with van der Waals surface area (Å²) < 4.78 is 2.17. The molecule has 1 rings (SSSR count). The summed E-state index contributed by atoms with van der Waals surface area (Å²) in [6.07, 6.45) is 0. The fourth-order valence-electron chi connectivity index (χ4n) is 2.43. The minimum absolute atomic E-state index is 0.279. The van der Waals surface area contributed by atoms with Crippen molar-refractivity contribution in [1.82, 2.24) is 4.57 Å². The Kier molecular flexibility index (Phi) is 4.49. The predicted molar refractivity (Wildman–Crippen MR) is 77.8 cm³/mol. The van der Waals surface area contributed by atoms with Crippen molar-refractivity contribution in [3.63, 3.8) is 0 Å². The first kappa shape index (κ1) is 15.2. The Morgan fingerprint density at radius 1 is 1.06 bits per heavy atom. The Balaban J connectivity index is 3.67. The summed E-state index contributed by atoms with van der Waals surface area (Å²) in [5, 5.41) is 0. The zero-order valence-electron chi connectivity index (χ0n) is 11.3. The third-order valence-electron chi connectivity index (χ3n) is 3.07. The van der Waals surface area contributed by atoms with Gasteiger partial charge < -0.3 is 34.4 Å². The van der Waals surface area contributed by atoms with Crippen LogP contribution in [0.5, 0.6) is 0 Å². The van der Waals surface area contributed by atoms with Gasteiger partial charge in [-0.15, -0.1) is 0 Å². The summed E-state index contributed by atoms with van der Waals surface area (Å²) in [6, 6.07) is 0.558. The molecule has 0 unspecified atom stereocenters. The fourth-order valence-corrected chi connectivity index (χ4v) is 3.06. The number of imidazole rings is 1. The van der Waals surface area contributed by atoms with Crippen LogP contribution in [-0.4, -0.2) is 8.96 Å². The third kappa shape index (κ3) is 2.77. The number of rotatable bonds is 3. The SMILES string of the molecule is Cc1c(C)[n+](C(C)C)c([B-](Cl)(Cl)Cl)n1C(C)C. The highest BCUT2D eigenvalue weighted by Crippen LogP contribution is 2.23. The van der Waals surface area contributed by atoms with E-state index in [-0.39, 0.29) is 12.1 Å². The molecule has 0 aliphatic rings. The summed E-state index contributed by atoms with van der Waals surface area (Å²) in [5.41, 5.74) is 3.13. The Labute approximate surface area is 119 Å². The number of aromatic nitrogens is 2. The van der Waals surface area contributed by atoms with Crippen LogP contribution in [0.3, 0.4) is 0 Å². The molecule has 0 radical (unpaired) electrons. The van der Waals surface area contributed by atoms with Crippen LogP contribution in [0.15, 0.2) is 0 Å². The third-order valence-corrected chi connectivity index (χ3v) is 3.65. The normalized spacial score (nSPS) is 12.9. The van der Waals surface area contributed by atoms with Gasteiger partial charge >= 0.3 is 4.39 Å². The average Bonchev–Trinajstić information content (AvgIpc) is 2.39. The Bertz CT molecular complexity index is 388. The average molecular weight is 297 g/mol. The van der Waals surface area contributed by atoms with Gasteiger partial charge in [0.05, 0.1) is 12.1 Å². The van der Waals surface area contributed by atoms with Crippen molar-refractivity contribution in [3.8, 4) is 0 Å². The molecule has 0 amide bonds. The van der Waals surface area contributed by atoms with E-state index < -0.39 is 4.39 Å². The summed E-state index contributed by atoms with van der Waals surface area (Å²) in [5.74, 6) is 0. The van der Waals surface area contributed by atoms with E-state index in [0.29, 0.717) is 0 Å². The van der Waals surface area contributed by atoms with Gasteiger partial charge in [-0.2, -0.15) is 0 Å². The van der Waals surface area contributed by atoms with Gasteiger partial charge in [0.1, 0.15) is 17.1 Å². The number of nitrogens with zero attached hydrogens (tertiary/aromatic N) is 2. The molecule has 0 aliphatic heterocycles. The van der Waals surface area contributed by atoms with Gasteiger partial charge in [-0.25, -0.2) is 0 Å². The molecule has 6 heteroatoms. The topological polar surface area (TPSA) is 8.81 Å². The minimum atomic E-state index is -2.09. The van der Waals surface area contributed by atoms with Crippen LogP contribution in [-0.2, 0) is 0 Å². The molecule has 0 bridgehead atoms. The summed E-state index contributed by atoms with van der Waals surface area (Å²) in [7, 11) is 0. The molecule has 2 nitrogen and oxygen atoms in total. The van der Waals surface area contributed by atoms with Crippen LogP contribution in [0.1, 0.15) is 51.2 Å². The lowest BCUT2D eigenvalue weighted by molar-refractivity contribution is -0.704. The Morgan fingerprint density at radius 3 is 1.82 bits per heavy atom.